The van der Waals surface area contributed by atoms with Crippen LogP contribution in [0.15, 0.2) is 12.3 Å². The van der Waals surface area contributed by atoms with Crippen LogP contribution < -0.4 is 10.1 Å². The summed E-state index contributed by atoms with van der Waals surface area (Å²) in [4.78, 5) is 3.94. The van der Waals surface area contributed by atoms with Gasteiger partial charge in [0, 0.05) is 6.54 Å². The summed E-state index contributed by atoms with van der Waals surface area (Å²) in [5.41, 5.74) is 0. The fraction of sp³-hybridized carbons (Fsp3) is 0.500. The number of hydrogen-bond donors (Lipinski definition) is 1. The van der Waals surface area contributed by atoms with Crippen molar-refractivity contribution in [1.29, 1.82) is 0 Å². The molecule has 1 N–H and O–H groups in total. The maximum absolute atomic E-state index is 5.98. The molecule has 0 saturated carbocycles. The fourth-order valence-electron chi connectivity index (χ4n) is 1.58. The van der Waals surface area contributed by atoms with E-state index in [9.17, 15) is 0 Å². The van der Waals surface area contributed by atoms with E-state index < -0.39 is 0 Å². The molecule has 0 aliphatic carbocycles. The maximum Gasteiger partial charge on any atom is 0.156 e. The molecule has 1 fully saturated rings. The third-order valence-corrected chi connectivity index (χ3v) is 2.83. The largest absolute Gasteiger partial charge is 0.486 e. The van der Waals surface area contributed by atoms with Gasteiger partial charge in [-0.15, -0.1) is 0 Å². The molecule has 0 amide bonds. The van der Waals surface area contributed by atoms with Crippen molar-refractivity contribution in [3.05, 3.63) is 22.4 Å². The van der Waals surface area contributed by atoms with Crippen molar-refractivity contribution < 1.29 is 4.74 Å². The van der Waals surface area contributed by atoms with Crippen LogP contribution in [0.2, 0.25) is 10.2 Å². The highest BCUT2D eigenvalue weighted by Gasteiger charge is 2.15. The second kappa shape index (κ2) is 5.01. The second-order valence-corrected chi connectivity index (χ2v) is 4.32. The molecule has 1 aromatic rings. The zero-order chi connectivity index (χ0) is 10.7. The van der Waals surface area contributed by atoms with E-state index in [1.54, 1.807) is 12.3 Å². The molecule has 0 bridgehead atoms. The summed E-state index contributed by atoms with van der Waals surface area (Å²) < 4.78 is 5.73. The van der Waals surface area contributed by atoms with Gasteiger partial charge in [-0.1, -0.05) is 23.2 Å². The molecule has 2 rings (SSSR count). The average Bonchev–Trinajstić information content (AvgIpc) is 2.24. The first kappa shape index (κ1) is 11.0. The Balaban J connectivity index is 2.03. The van der Waals surface area contributed by atoms with Gasteiger partial charge >= 0.3 is 0 Å². The Morgan fingerprint density at radius 2 is 2.33 bits per heavy atom. The van der Waals surface area contributed by atoms with Crippen molar-refractivity contribution in [3.8, 4) is 5.75 Å². The molecule has 3 nitrogen and oxygen atoms in total. The molecule has 2 heterocycles. The topological polar surface area (TPSA) is 34.1 Å². The first-order valence-electron chi connectivity index (χ1n) is 4.94. The van der Waals surface area contributed by atoms with Crippen LogP contribution in [0.1, 0.15) is 12.8 Å². The number of ether oxygens (including phenoxy) is 1. The molecule has 1 unspecified atom stereocenters. The van der Waals surface area contributed by atoms with Crippen molar-refractivity contribution in [2.75, 3.05) is 13.1 Å². The highest BCUT2D eigenvalue weighted by atomic mass is 35.5. The van der Waals surface area contributed by atoms with E-state index in [0.717, 1.165) is 25.9 Å². The van der Waals surface area contributed by atoms with Gasteiger partial charge in [-0.3, -0.25) is 0 Å². The van der Waals surface area contributed by atoms with Crippen LogP contribution in [0.3, 0.4) is 0 Å². The van der Waals surface area contributed by atoms with Crippen LogP contribution in [-0.4, -0.2) is 24.2 Å². The lowest BCUT2D eigenvalue weighted by Crippen LogP contribution is -2.37. The van der Waals surface area contributed by atoms with E-state index >= 15 is 0 Å². The van der Waals surface area contributed by atoms with Gasteiger partial charge < -0.3 is 10.1 Å². The predicted octanol–water partition coefficient (Wildman–Crippen LogP) is 2.52. The van der Waals surface area contributed by atoms with Crippen molar-refractivity contribution >= 4 is 23.2 Å². The SMILES string of the molecule is Clc1cc(Cl)c(OC2CCCNC2)cn1. The van der Waals surface area contributed by atoms with Gasteiger partial charge in [-0.05, 0) is 25.5 Å². The molecule has 1 aliphatic rings. The Morgan fingerprint density at radius 3 is 3.00 bits per heavy atom. The summed E-state index contributed by atoms with van der Waals surface area (Å²) in [6.45, 7) is 1.92. The van der Waals surface area contributed by atoms with Crippen LogP contribution in [0.25, 0.3) is 0 Å². The Hall–Kier alpha value is -0.510. The average molecular weight is 247 g/mol. The quantitative estimate of drug-likeness (QED) is 0.815. The molecule has 15 heavy (non-hydrogen) atoms. The van der Waals surface area contributed by atoms with Crippen molar-refractivity contribution in [1.82, 2.24) is 10.3 Å². The summed E-state index contributed by atoms with van der Waals surface area (Å²) in [5, 5.41) is 4.17. The van der Waals surface area contributed by atoms with Gasteiger partial charge in [0.05, 0.1) is 11.2 Å². The van der Waals surface area contributed by atoms with Crippen LogP contribution in [0, 0.1) is 0 Å². The third-order valence-electron chi connectivity index (χ3n) is 2.33. The minimum absolute atomic E-state index is 0.180. The van der Waals surface area contributed by atoms with E-state index in [4.69, 9.17) is 27.9 Å². The Kier molecular flexibility index (Phi) is 3.67. The summed E-state index contributed by atoms with van der Waals surface area (Å²) in [6, 6.07) is 1.59. The summed E-state index contributed by atoms with van der Waals surface area (Å²) in [6.07, 6.45) is 3.92. The predicted molar refractivity (Wildman–Crippen MR) is 60.8 cm³/mol. The molecule has 1 saturated heterocycles. The molecule has 1 aromatic heterocycles. The second-order valence-electron chi connectivity index (χ2n) is 3.52. The number of rotatable bonds is 2. The van der Waals surface area contributed by atoms with Gasteiger partial charge in [0.15, 0.2) is 5.75 Å². The van der Waals surface area contributed by atoms with E-state index in [1.165, 1.54) is 0 Å². The van der Waals surface area contributed by atoms with E-state index in [1.807, 2.05) is 0 Å². The highest BCUT2D eigenvalue weighted by molar-refractivity contribution is 6.34. The van der Waals surface area contributed by atoms with Gasteiger partial charge in [0.2, 0.25) is 0 Å². The molecule has 82 valence electrons. The smallest absolute Gasteiger partial charge is 0.156 e. The van der Waals surface area contributed by atoms with Crippen LogP contribution in [-0.2, 0) is 0 Å². The monoisotopic (exact) mass is 246 g/mol. The lowest BCUT2D eigenvalue weighted by molar-refractivity contribution is 0.166. The molecule has 1 atom stereocenters. The summed E-state index contributed by atoms with van der Waals surface area (Å²) in [5.74, 6) is 0.606. The maximum atomic E-state index is 5.98. The van der Waals surface area contributed by atoms with Crippen molar-refractivity contribution in [2.24, 2.45) is 0 Å². The van der Waals surface area contributed by atoms with E-state index in [-0.39, 0.29) is 6.10 Å². The van der Waals surface area contributed by atoms with Crippen LogP contribution in [0.5, 0.6) is 5.75 Å². The highest BCUT2D eigenvalue weighted by Crippen LogP contribution is 2.27. The molecule has 1 aliphatic heterocycles. The summed E-state index contributed by atoms with van der Waals surface area (Å²) >= 11 is 11.7. The van der Waals surface area contributed by atoms with Gasteiger partial charge in [0.25, 0.3) is 0 Å². The first-order valence-corrected chi connectivity index (χ1v) is 5.70. The van der Waals surface area contributed by atoms with E-state index in [0.29, 0.717) is 15.9 Å². The normalized spacial score (nSPS) is 21.3. The minimum Gasteiger partial charge on any atom is -0.486 e. The zero-order valence-electron chi connectivity index (χ0n) is 8.17. The number of aromatic nitrogens is 1. The number of halogens is 2. The van der Waals surface area contributed by atoms with Crippen molar-refractivity contribution in [2.45, 2.75) is 18.9 Å². The van der Waals surface area contributed by atoms with Gasteiger partial charge in [-0.25, -0.2) is 4.98 Å². The van der Waals surface area contributed by atoms with Gasteiger partial charge in [0.1, 0.15) is 11.3 Å². The first-order chi connectivity index (χ1) is 7.25. The zero-order valence-corrected chi connectivity index (χ0v) is 9.68. The number of pyridine rings is 1. The summed E-state index contributed by atoms with van der Waals surface area (Å²) in [7, 11) is 0. The Labute approximate surface area is 98.7 Å². The minimum atomic E-state index is 0.180. The van der Waals surface area contributed by atoms with Crippen LogP contribution >= 0.6 is 23.2 Å². The lowest BCUT2D eigenvalue weighted by atomic mass is 10.1. The third kappa shape index (κ3) is 2.97. The lowest BCUT2D eigenvalue weighted by Gasteiger charge is -2.24. The molecule has 0 spiro atoms. The Morgan fingerprint density at radius 1 is 1.47 bits per heavy atom. The number of nitrogens with zero attached hydrogens (tertiary/aromatic N) is 1. The standard InChI is InChI=1S/C10H12Cl2N2O/c11-8-4-10(12)14-6-9(8)15-7-2-1-3-13-5-7/h4,6-7,13H,1-3,5H2. The van der Waals surface area contributed by atoms with E-state index in [2.05, 4.69) is 10.3 Å². The molecule has 5 heteroatoms. The number of hydrogen-bond acceptors (Lipinski definition) is 3. The van der Waals surface area contributed by atoms with Gasteiger partial charge in [-0.2, -0.15) is 0 Å². The molecular weight excluding hydrogens is 235 g/mol. The molecule has 0 radical (unpaired) electrons. The number of nitrogens with one attached hydrogen (secondary N) is 1. The molecular formula is C10H12Cl2N2O. The molecule has 0 aromatic carbocycles. The Bertz CT molecular complexity index is 340. The number of piperidine rings is 1. The fourth-order valence-corrected chi connectivity index (χ4v) is 1.99. The van der Waals surface area contributed by atoms with Crippen molar-refractivity contribution in [3.63, 3.8) is 0 Å². The van der Waals surface area contributed by atoms with Crippen LogP contribution in [0.4, 0.5) is 0 Å².